The van der Waals surface area contributed by atoms with Crippen LogP contribution in [0.15, 0.2) is 58.5 Å². The lowest BCUT2D eigenvalue weighted by Gasteiger charge is -2.34. The van der Waals surface area contributed by atoms with Crippen LogP contribution in [0, 0.1) is 12.8 Å². The molecular weight excluding hydrogens is 384 g/mol. The van der Waals surface area contributed by atoms with Crippen molar-refractivity contribution in [1.29, 1.82) is 0 Å². The lowest BCUT2D eigenvalue weighted by Crippen LogP contribution is -2.34. The van der Waals surface area contributed by atoms with Crippen LogP contribution in [0.2, 0.25) is 0 Å². The predicted octanol–water partition coefficient (Wildman–Crippen LogP) is 4.62. The summed E-state index contributed by atoms with van der Waals surface area (Å²) in [5.74, 6) is 1.17. The standard InChI is InChI=1S/C23H26N2O3S/c1-16-9-11-25(12-10-16)23-20-13-17(2)7-8-21(20)24-15-22(23)29(26,27)19-6-4-5-18(14-19)28-3/h4-8,13-16H,9-12H2,1-3H3. The van der Waals surface area contributed by atoms with Gasteiger partial charge >= 0.3 is 0 Å². The van der Waals surface area contributed by atoms with Crippen LogP contribution in [0.3, 0.4) is 0 Å². The van der Waals surface area contributed by atoms with E-state index < -0.39 is 9.84 Å². The zero-order valence-corrected chi connectivity index (χ0v) is 17.9. The van der Waals surface area contributed by atoms with E-state index in [1.165, 1.54) is 13.3 Å². The van der Waals surface area contributed by atoms with E-state index in [0.717, 1.165) is 48.1 Å². The van der Waals surface area contributed by atoms with Crippen LogP contribution >= 0.6 is 0 Å². The SMILES string of the molecule is COc1cccc(S(=O)(=O)c2cnc3ccc(C)cc3c2N2CCC(C)CC2)c1. The Kier molecular flexibility index (Phi) is 5.21. The topological polar surface area (TPSA) is 59.5 Å². The summed E-state index contributed by atoms with van der Waals surface area (Å²) in [6, 6.07) is 12.6. The summed E-state index contributed by atoms with van der Waals surface area (Å²) in [7, 11) is -2.22. The van der Waals surface area contributed by atoms with Gasteiger partial charge in [-0.25, -0.2) is 8.42 Å². The number of piperidine rings is 1. The molecule has 4 rings (SSSR count). The van der Waals surface area contributed by atoms with Crippen LogP contribution in [-0.2, 0) is 9.84 Å². The maximum absolute atomic E-state index is 13.6. The second-order valence-corrected chi connectivity index (χ2v) is 9.76. The molecule has 0 N–H and O–H groups in total. The highest BCUT2D eigenvalue weighted by Crippen LogP contribution is 2.38. The third kappa shape index (κ3) is 3.69. The van der Waals surface area contributed by atoms with Crippen LogP contribution in [0.25, 0.3) is 10.9 Å². The number of sulfone groups is 1. The molecule has 0 spiro atoms. The first-order valence-corrected chi connectivity index (χ1v) is 11.4. The molecule has 0 unspecified atom stereocenters. The molecule has 1 aromatic heterocycles. The Bertz CT molecular complexity index is 1150. The van der Waals surface area contributed by atoms with Gasteiger partial charge in [0.25, 0.3) is 0 Å². The van der Waals surface area contributed by atoms with Crippen molar-refractivity contribution >= 4 is 26.4 Å². The number of aromatic nitrogens is 1. The highest BCUT2D eigenvalue weighted by atomic mass is 32.2. The van der Waals surface area contributed by atoms with Crippen molar-refractivity contribution in [2.45, 2.75) is 36.5 Å². The van der Waals surface area contributed by atoms with Crippen LogP contribution < -0.4 is 9.64 Å². The summed E-state index contributed by atoms with van der Waals surface area (Å²) in [6.45, 7) is 5.95. The Balaban J connectivity index is 1.95. The van der Waals surface area contributed by atoms with Gasteiger partial charge in [-0.3, -0.25) is 4.98 Å². The molecule has 5 nitrogen and oxygen atoms in total. The zero-order chi connectivity index (χ0) is 20.6. The molecule has 1 saturated heterocycles. The molecule has 1 fully saturated rings. The molecule has 1 aliphatic heterocycles. The van der Waals surface area contributed by atoms with Gasteiger partial charge in [-0.2, -0.15) is 0 Å². The lowest BCUT2D eigenvalue weighted by molar-refractivity contribution is 0.413. The van der Waals surface area contributed by atoms with E-state index in [9.17, 15) is 8.42 Å². The summed E-state index contributed by atoms with van der Waals surface area (Å²) in [5.41, 5.74) is 2.67. The van der Waals surface area contributed by atoms with Gasteiger partial charge in [0.2, 0.25) is 9.84 Å². The van der Waals surface area contributed by atoms with Crippen molar-refractivity contribution in [1.82, 2.24) is 4.98 Å². The minimum Gasteiger partial charge on any atom is -0.497 e. The van der Waals surface area contributed by atoms with Crippen molar-refractivity contribution in [3.8, 4) is 5.75 Å². The molecule has 0 radical (unpaired) electrons. The van der Waals surface area contributed by atoms with E-state index in [2.05, 4.69) is 16.8 Å². The molecule has 6 heteroatoms. The number of nitrogens with zero attached hydrogens (tertiary/aromatic N) is 2. The van der Waals surface area contributed by atoms with E-state index in [4.69, 9.17) is 4.74 Å². The van der Waals surface area contributed by atoms with Crippen molar-refractivity contribution in [3.63, 3.8) is 0 Å². The van der Waals surface area contributed by atoms with E-state index in [0.29, 0.717) is 11.7 Å². The van der Waals surface area contributed by atoms with E-state index in [1.54, 1.807) is 24.3 Å². The van der Waals surface area contributed by atoms with Gasteiger partial charge < -0.3 is 9.64 Å². The van der Waals surface area contributed by atoms with Gasteiger partial charge in [-0.05, 0) is 56.0 Å². The van der Waals surface area contributed by atoms with Gasteiger partial charge in [0.15, 0.2) is 0 Å². The zero-order valence-electron chi connectivity index (χ0n) is 17.1. The number of aryl methyl sites for hydroxylation is 1. The molecule has 3 aromatic rings. The first-order chi connectivity index (χ1) is 13.9. The smallest absolute Gasteiger partial charge is 0.210 e. The largest absolute Gasteiger partial charge is 0.497 e. The number of ether oxygens (including phenoxy) is 1. The highest BCUT2D eigenvalue weighted by molar-refractivity contribution is 7.91. The maximum Gasteiger partial charge on any atom is 0.210 e. The van der Waals surface area contributed by atoms with Crippen LogP contribution in [0.5, 0.6) is 5.75 Å². The maximum atomic E-state index is 13.6. The normalized spacial score (nSPS) is 15.6. The molecule has 1 aliphatic rings. The average molecular weight is 411 g/mol. The fourth-order valence-corrected chi connectivity index (χ4v) is 5.39. The lowest BCUT2D eigenvalue weighted by atomic mass is 9.98. The highest BCUT2D eigenvalue weighted by Gasteiger charge is 2.28. The summed E-state index contributed by atoms with van der Waals surface area (Å²) in [6.07, 6.45) is 3.61. The van der Waals surface area contributed by atoms with Gasteiger partial charge in [0.05, 0.1) is 23.2 Å². The molecular formula is C23H26N2O3S. The predicted molar refractivity (Wildman–Crippen MR) is 116 cm³/mol. The number of hydrogen-bond acceptors (Lipinski definition) is 5. The van der Waals surface area contributed by atoms with Crippen molar-refractivity contribution in [2.75, 3.05) is 25.1 Å². The summed E-state index contributed by atoms with van der Waals surface area (Å²) < 4.78 is 32.5. The van der Waals surface area contributed by atoms with Crippen molar-refractivity contribution in [2.24, 2.45) is 5.92 Å². The fraction of sp³-hybridized carbons (Fsp3) is 0.348. The Morgan fingerprint density at radius 1 is 1.10 bits per heavy atom. The third-order valence-electron chi connectivity index (χ3n) is 5.70. The van der Waals surface area contributed by atoms with Crippen molar-refractivity contribution < 1.29 is 13.2 Å². The van der Waals surface area contributed by atoms with Crippen molar-refractivity contribution in [3.05, 3.63) is 54.2 Å². The Morgan fingerprint density at radius 3 is 2.59 bits per heavy atom. The number of rotatable bonds is 4. The molecule has 2 aromatic carbocycles. The first-order valence-electron chi connectivity index (χ1n) is 9.93. The monoisotopic (exact) mass is 410 g/mol. The number of hydrogen-bond donors (Lipinski definition) is 0. The van der Waals surface area contributed by atoms with Gasteiger partial charge in [0, 0.05) is 24.7 Å². The number of methoxy groups -OCH3 is 1. The number of anilines is 1. The Morgan fingerprint density at radius 2 is 1.86 bits per heavy atom. The number of pyridine rings is 1. The number of fused-ring (bicyclic) bond motifs is 1. The molecule has 0 saturated carbocycles. The summed E-state index contributed by atoms with van der Waals surface area (Å²) in [5, 5.41) is 0.892. The van der Waals surface area contributed by atoms with E-state index in [1.807, 2.05) is 25.1 Å². The van der Waals surface area contributed by atoms with E-state index >= 15 is 0 Å². The Labute approximate surface area is 172 Å². The molecule has 0 bridgehead atoms. The molecule has 0 atom stereocenters. The van der Waals surface area contributed by atoms with Gasteiger partial charge in [-0.15, -0.1) is 0 Å². The minimum absolute atomic E-state index is 0.220. The minimum atomic E-state index is -3.75. The van der Waals surface area contributed by atoms with Crippen LogP contribution in [-0.4, -0.2) is 33.6 Å². The van der Waals surface area contributed by atoms with Crippen LogP contribution in [0.4, 0.5) is 5.69 Å². The molecule has 2 heterocycles. The first kappa shape index (κ1) is 19.7. The third-order valence-corrected chi connectivity index (χ3v) is 7.45. The number of benzene rings is 2. The summed E-state index contributed by atoms with van der Waals surface area (Å²) in [4.78, 5) is 7.19. The Hall–Kier alpha value is -2.60. The quantitative estimate of drug-likeness (QED) is 0.628. The second-order valence-electron chi connectivity index (χ2n) is 7.84. The average Bonchev–Trinajstić information content (AvgIpc) is 2.73. The summed E-state index contributed by atoms with van der Waals surface area (Å²) >= 11 is 0. The molecule has 0 aliphatic carbocycles. The molecule has 0 amide bonds. The fourth-order valence-electron chi connectivity index (χ4n) is 3.92. The van der Waals surface area contributed by atoms with Crippen LogP contribution in [0.1, 0.15) is 25.3 Å². The molecule has 29 heavy (non-hydrogen) atoms. The molecule has 152 valence electrons. The second kappa shape index (κ2) is 7.67. The van der Waals surface area contributed by atoms with Gasteiger partial charge in [0.1, 0.15) is 10.6 Å². The van der Waals surface area contributed by atoms with Gasteiger partial charge in [-0.1, -0.05) is 24.6 Å². The van der Waals surface area contributed by atoms with E-state index in [-0.39, 0.29) is 9.79 Å².